The zero-order valence-electron chi connectivity index (χ0n) is 9.29. The van der Waals surface area contributed by atoms with E-state index in [1.807, 2.05) is 30.2 Å². The largest absolute Gasteiger partial charge is 0.543 e. The number of aryl methyl sites for hydroxylation is 1. The smallest absolute Gasteiger partial charge is 0.234 e. The standard InChI is InChI=1S/C7H13N2OP.C2HN3/c1-3-8-5-6-9(7-8)11(10)4-2;3-1-5-2-4/h5-7H,3-4H2,1-2H3;5H/q+2;. The van der Waals surface area contributed by atoms with Gasteiger partial charge < -0.3 is 0 Å². The van der Waals surface area contributed by atoms with E-state index in [1.54, 1.807) is 9.65 Å². The lowest BCUT2D eigenvalue weighted by molar-refractivity contribution is -0.692. The average molecular weight is 239 g/mol. The quantitative estimate of drug-likeness (QED) is 0.368. The molecule has 6 nitrogen and oxygen atoms in total. The second-order valence-electron chi connectivity index (χ2n) is 2.64. The van der Waals surface area contributed by atoms with Gasteiger partial charge in [0.1, 0.15) is 6.20 Å². The van der Waals surface area contributed by atoms with Crippen LogP contribution in [-0.2, 0) is 11.1 Å². The van der Waals surface area contributed by atoms with Crippen molar-refractivity contribution in [1.82, 2.24) is 9.65 Å². The van der Waals surface area contributed by atoms with Crippen LogP contribution >= 0.6 is 7.95 Å². The molecule has 84 valence electrons. The van der Waals surface area contributed by atoms with E-state index in [9.17, 15) is 4.57 Å². The minimum atomic E-state index is -1.21. The number of rotatable bonds is 3. The molecule has 0 fully saturated rings. The Morgan fingerprint density at radius 1 is 1.44 bits per heavy atom. The van der Waals surface area contributed by atoms with Gasteiger partial charge in [-0.1, -0.05) is 0 Å². The molecule has 0 aliphatic heterocycles. The van der Waals surface area contributed by atoms with E-state index in [0.717, 1.165) is 6.54 Å². The molecule has 1 heterocycles. The van der Waals surface area contributed by atoms with Crippen LogP contribution in [0.2, 0.25) is 0 Å². The molecule has 1 unspecified atom stereocenters. The van der Waals surface area contributed by atoms with Crippen LogP contribution in [0.15, 0.2) is 18.7 Å². The number of imidazole rings is 1. The lowest BCUT2D eigenvalue weighted by Crippen LogP contribution is -2.28. The Labute approximate surface area is 95.6 Å². The Balaban J connectivity index is 0.000000385. The van der Waals surface area contributed by atoms with Crippen LogP contribution < -0.4 is 9.88 Å². The Kier molecular flexibility index (Phi) is 7.40. The molecular weight excluding hydrogens is 225 g/mol. The predicted molar refractivity (Wildman–Crippen MR) is 58.2 cm³/mol. The van der Waals surface area contributed by atoms with E-state index in [1.165, 1.54) is 12.4 Å². The summed E-state index contributed by atoms with van der Waals surface area (Å²) in [5.74, 6) is 0. The molecule has 1 aromatic heterocycles. The van der Waals surface area contributed by atoms with Crippen LogP contribution in [0.25, 0.3) is 0 Å². The van der Waals surface area contributed by atoms with E-state index in [-0.39, 0.29) is 0 Å². The minimum absolute atomic E-state index is 0.702. The third kappa shape index (κ3) is 5.09. The zero-order chi connectivity index (χ0) is 12.4. The molecule has 1 atom stereocenters. The summed E-state index contributed by atoms with van der Waals surface area (Å²) >= 11 is 0. The van der Waals surface area contributed by atoms with Crippen LogP contribution in [0.3, 0.4) is 0 Å². The van der Waals surface area contributed by atoms with Gasteiger partial charge in [-0.25, -0.2) is 9.88 Å². The average Bonchev–Trinajstić information content (AvgIpc) is 2.78. The first-order chi connectivity index (χ1) is 7.69. The van der Waals surface area contributed by atoms with Gasteiger partial charge in [0.15, 0.2) is 24.7 Å². The topological polar surface area (TPSA) is 85.5 Å². The molecule has 0 spiro atoms. The number of hydrogen-bond acceptors (Lipinski definition) is 4. The maximum atomic E-state index is 11.2. The van der Waals surface area contributed by atoms with Crippen molar-refractivity contribution in [3.8, 4) is 12.4 Å². The van der Waals surface area contributed by atoms with Crippen LogP contribution in [-0.4, -0.2) is 10.5 Å². The van der Waals surface area contributed by atoms with Gasteiger partial charge in [-0.05, 0) is 22.8 Å². The molecule has 1 rings (SSSR count). The van der Waals surface area contributed by atoms with Crippen LogP contribution in [0.5, 0.6) is 0 Å². The van der Waals surface area contributed by atoms with Crippen molar-refractivity contribution < 1.29 is 9.13 Å². The van der Waals surface area contributed by atoms with Crippen molar-refractivity contribution >= 4 is 7.95 Å². The second kappa shape index (κ2) is 8.40. The highest BCUT2D eigenvalue weighted by Crippen LogP contribution is 2.20. The summed E-state index contributed by atoms with van der Waals surface area (Å²) in [5, 5.41) is 16.7. The summed E-state index contributed by atoms with van der Waals surface area (Å²) in [7, 11) is -1.21. The SMILES string of the molecule is CC[n+]1ccn([P+](=O)CC)c1.N#CNC#N. The van der Waals surface area contributed by atoms with Gasteiger partial charge in [-0.15, -0.1) is 0 Å². The Hall–Kier alpha value is -1.91. The van der Waals surface area contributed by atoms with E-state index in [0.29, 0.717) is 6.16 Å². The molecule has 0 amide bonds. The Bertz CT molecular complexity index is 402. The maximum absolute atomic E-state index is 11.2. The van der Waals surface area contributed by atoms with Crippen molar-refractivity contribution in [2.45, 2.75) is 20.4 Å². The molecule has 0 bridgehead atoms. The molecule has 1 N–H and O–H groups in total. The zero-order valence-corrected chi connectivity index (χ0v) is 10.2. The molecule has 16 heavy (non-hydrogen) atoms. The van der Waals surface area contributed by atoms with E-state index in [2.05, 4.69) is 6.92 Å². The summed E-state index contributed by atoms with van der Waals surface area (Å²) in [6, 6.07) is 0. The predicted octanol–water partition coefficient (Wildman–Crippen LogP) is 0.944. The summed E-state index contributed by atoms with van der Waals surface area (Å²) in [4.78, 5) is 0. The summed E-state index contributed by atoms with van der Waals surface area (Å²) < 4.78 is 15.0. The highest BCUT2D eigenvalue weighted by molar-refractivity contribution is 7.42. The van der Waals surface area contributed by atoms with Crippen LogP contribution in [0.4, 0.5) is 0 Å². The van der Waals surface area contributed by atoms with E-state index < -0.39 is 7.95 Å². The third-order valence-corrected chi connectivity index (χ3v) is 2.98. The molecule has 0 saturated carbocycles. The van der Waals surface area contributed by atoms with Gasteiger partial charge in [0.25, 0.3) is 6.33 Å². The number of nitriles is 2. The lowest BCUT2D eigenvalue weighted by Gasteiger charge is -1.80. The first kappa shape index (κ1) is 14.1. The molecule has 0 aliphatic rings. The number of hydrogen-bond donors (Lipinski definition) is 1. The third-order valence-electron chi connectivity index (χ3n) is 1.68. The van der Waals surface area contributed by atoms with Crippen molar-refractivity contribution in [3.05, 3.63) is 18.7 Å². The lowest BCUT2D eigenvalue weighted by atomic mass is 10.7. The van der Waals surface area contributed by atoms with E-state index >= 15 is 0 Å². The van der Waals surface area contributed by atoms with Crippen molar-refractivity contribution in [1.29, 1.82) is 10.5 Å². The van der Waals surface area contributed by atoms with Crippen molar-refractivity contribution in [3.63, 3.8) is 0 Å². The molecular formula is C9H14N5OP+2. The second-order valence-corrected chi connectivity index (χ2v) is 4.44. The number of nitrogens with zero attached hydrogens (tertiary/aromatic N) is 4. The van der Waals surface area contributed by atoms with Gasteiger partial charge in [-0.2, -0.15) is 10.5 Å². The van der Waals surface area contributed by atoms with Crippen LogP contribution in [0, 0.1) is 22.9 Å². The van der Waals surface area contributed by atoms with Gasteiger partial charge >= 0.3 is 7.95 Å². The van der Waals surface area contributed by atoms with Gasteiger partial charge in [0.2, 0.25) is 0 Å². The molecule has 0 radical (unpaired) electrons. The molecule has 0 aromatic carbocycles. The molecule has 7 heteroatoms. The summed E-state index contributed by atoms with van der Waals surface area (Å²) in [5.41, 5.74) is 0. The maximum Gasteiger partial charge on any atom is 0.543 e. The fraction of sp³-hybridized carbons (Fsp3) is 0.444. The van der Waals surface area contributed by atoms with Gasteiger partial charge in [0.05, 0.1) is 6.54 Å². The summed E-state index contributed by atoms with van der Waals surface area (Å²) in [6.45, 7) is 4.91. The monoisotopic (exact) mass is 239 g/mol. The first-order valence-corrected chi connectivity index (χ1v) is 6.14. The van der Waals surface area contributed by atoms with Gasteiger partial charge in [0, 0.05) is 0 Å². The number of nitrogens with one attached hydrogen (secondary N) is 1. The highest BCUT2D eigenvalue weighted by Gasteiger charge is 2.21. The van der Waals surface area contributed by atoms with Crippen molar-refractivity contribution in [2.75, 3.05) is 6.16 Å². The highest BCUT2D eigenvalue weighted by atomic mass is 31.1. The Morgan fingerprint density at radius 2 is 2.06 bits per heavy atom. The molecule has 0 aliphatic carbocycles. The molecule has 0 saturated heterocycles. The van der Waals surface area contributed by atoms with Crippen LogP contribution in [0.1, 0.15) is 13.8 Å². The normalized spacial score (nSPS) is 9.12. The fourth-order valence-corrected chi connectivity index (χ4v) is 1.67. The number of aromatic nitrogens is 2. The summed E-state index contributed by atoms with van der Waals surface area (Å²) in [6.07, 6.45) is 9.18. The fourth-order valence-electron chi connectivity index (χ4n) is 0.890. The minimum Gasteiger partial charge on any atom is -0.234 e. The van der Waals surface area contributed by atoms with Crippen molar-refractivity contribution in [2.24, 2.45) is 0 Å². The first-order valence-electron chi connectivity index (χ1n) is 4.74. The molecule has 1 aromatic rings. The van der Waals surface area contributed by atoms with E-state index in [4.69, 9.17) is 10.5 Å². The Morgan fingerprint density at radius 3 is 2.38 bits per heavy atom. The van der Waals surface area contributed by atoms with Gasteiger partial charge in [-0.3, -0.25) is 0 Å².